The molecule has 0 spiro atoms. The largest absolute Gasteiger partial charge is 0.321 e. The van der Waals surface area contributed by atoms with Crippen LogP contribution < -0.4 is 15.4 Å². The molecule has 146 valence electrons. The molecule has 27 heavy (non-hydrogen) atoms. The highest BCUT2D eigenvalue weighted by molar-refractivity contribution is 7.89. The van der Waals surface area contributed by atoms with Crippen molar-refractivity contribution in [1.29, 1.82) is 0 Å². The van der Waals surface area contributed by atoms with Crippen molar-refractivity contribution in [2.45, 2.75) is 37.1 Å². The third-order valence-corrected chi connectivity index (χ3v) is 5.93. The second kappa shape index (κ2) is 8.64. The van der Waals surface area contributed by atoms with Crippen molar-refractivity contribution in [3.8, 4) is 0 Å². The van der Waals surface area contributed by atoms with Gasteiger partial charge in [0.2, 0.25) is 10.0 Å². The molecule has 1 amide bonds. The highest BCUT2D eigenvalue weighted by Gasteiger charge is 2.18. The lowest BCUT2D eigenvalue weighted by atomic mass is 10.1. The Hall–Kier alpha value is -2.23. The van der Waals surface area contributed by atoms with E-state index in [1.54, 1.807) is 18.2 Å². The smallest absolute Gasteiger partial charge is 0.276 e. The fourth-order valence-electron chi connectivity index (χ4n) is 2.95. The molecule has 8 nitrogen and oxygen atoms in total. The number of nitrogens with one attached hydrogen (secondary N) is 3. The van der Waals surface area contributed by atoms with E-state index in [9.17, 15) is 13.2 Å². The maximum atomic E-state index is 12.4. The van der Waals surface area contributed by atoms with Gasteiger partial charge in [-0.1, -0.05) is 6.92 Å². The lowest BCUT2D eigenvalue weighted by Gasteiger charge is -2.22. The molecule has 0 bridgehead atoms. The van der Waals surface area contributed by atoms with Gasteiger partial charge < -0.3 is 10.6 Å². The zero-order valence-electron chi connectivity index (χ0n) is 15.3. The van der Waals surface area contributed by atoms with Crippen molar-refractivity contribution in [3.05, 3.63) is 42.2 Å². The summed E-state index contributed by atoms with van der Waals surface area (Å²) in [4.78, 5) is 12.6. The van der Waals surface area contributed by atoms with Crippen LogP contribution >= 0.6 is 0 Å². The molecule has 3 N–H and O–H groups in total. The van der Waals surface area contributed by atoms with Gasteiger partial charge >= 0.3 is 0 Å². The minimum atomic E-state index is -3.51. The van der Waals surface area contributed by atoms with E-state index >= 15 is 0 Å². The molecule has 1 unspecified atom stereocenters. The Kier molecular flexibility index (Phi) is 6.25. The summed E-state index contributed by atoms with van der Waals surface area (Å²) in [5.41, 5.74) is 0.852. The van der Waals surface area contributed by atoms with Crippen molar-refractivity contribution in [3.63, 3.8) is 0 Å². The quantitative estimate of drug-likeness (QED) is 0.667. The van der Waals surface area contributed by atoms with E-state index in [0.29, 0.717) is 17.9 Å². The van der Waals surface area contributed by atoms with Crippen LogP contribution in [0, 0.1) is 0 Å². The molecule has 1 aromatic heterocycles. The number of sulfonamides is 1. The maximum Gasteiger partial charge on any atom is 0.276 e. The third-order valence-electron chi connectivity index (χ3n) is 4.45. The van der Waals surface area contributed by atoms with E-state index < -0.39 is 10.0 Å². The molecular formula is C18H25N5O3S. The van der Waals surface area contributed by atoms with Gasteiger partial charge in [0.15, 0.2) is 5.69 Å². The van der Waals surface area contributed by atoms with E-state index in [2.05, 4.69) is 20.5 Å². The average molecular weight is 391 g/mol. The Morgan fingerprint density at radius 3 is 2.74 bits per heavy atom. The minimum Gasteiger partial charge on any atom is -0.321 e. The maximum absolute atomic E-state index is 12.4. The van der Waals surface area contributed by atoms with Gasteiger partial charge in [-0.3, -0.25) is 9.48 Å². The molecule has 2 aromatic rings. The molecule has 1 aromatic carbocycles. The summed E-state index contributed by atoms with van der Waals surface area (Å²) in [7, 11) is -3.51. The molecular weight excluding hydrogens is 366 g/mol. The molecule has 1 fully saturated rings. The standard InChI is InChI=1S/C18H25N5O3S/c1-2-10-20-27(25,26)16-7-5-14(6-8-16)21-18(24)17-9-12-23(22-17)15-4-3-11-19-13-15/h5-9,12,15,19-20H,2-4,10-11,13H2,1H3,(H,21,24). The van der Waals surface area contributed by atoms with Gasteiger partial charge in [-0.25, -0.2) is 13.1 Å². The van der Waals surface area contributed by atoms with Crippen LogP contribution in [0.15, 0.2) is 41.4 Å². The van der Waals surface area contributed by atoms with Crippen LogP contribution in [0.2, 0.25) is 0 Å². The Balaban J connectivity index is 1.63. The zero-order chi connectivity index (χ0) is 19.3. The van der Waals surface area contributed by atoms with E-state index in [4.69, 9.17) is 0 Å². The van der Waals surface area contributed by atoms with Crippen LogP contribution in [-0.4, -0.2) is 43.7 Å². The number of hydrogen-bond donors (Lipinski definition) is 3. The second-order valence-corrected chi connectivity index (χ2v) is 8.32. The van der Waals surface area contributed by atoms with E-state index in [-0.39, 0.29) is 16.8 Å². The highest BCUT2D eigenvalue weighted by Crippen LogP contribution is 2.17. The van der Waals surface area contributed by atoms with E-state index in [1.807, 2.05) is 17.8 Å². The van der Waals surface area contributed by atoms with Crippen LogP contribution in [0.4, 0.5) is 5.69 Å². The Bertz CT molecular complexity index is 871. The fraction of sp³-hybridized carbons (Fsp3) is 0.444. The third kappa shape index (κ3) is 4.94. The molecule has 0 radical (unpaired) electrons. The first-order valence-electron chi connectivity index (χ1n) is 9.16. The SMILES string of the molecule is CCCNS(=O)(=O)c1ccc(NC(=O)c2ccn(C3CCCNC3)n2)cc1. The van der Waals surface area contributed by atoms with E-state index in [1.165, 1.54) is 12.1 Å². The summed E-state index contributed by atoms with van der Waals surface area (Å²) >= 11 is 0. The predicted octanol–water partition coefficient (Wildman–Crippen LogP) is 1.75. The lowest BCUT2D eigenvalue weighted by Crippen LogP contribution is -2.32. The Morgan fingerprint density at radius 1 is 1.30 bits per heavy atom. The summed E-state index contributed by atoms with van der Waals surface area (Å²) in [6.07, 6.45) is 4.67. The number of rotatable bonds is 7. The number of anilines is 1. The van der Waals surface area contributed by atoms with Crippen LogP contribution in [0.25, 0.3) is 0 Å². The van der Waals surface area contributed by atoms with Gasteiger partial charge in [0.25, 0.3) is 5.91 Å². The molecule has 2 heterocycles. The van der Waals surface area contributed by atoms with Gasteiger partial charge in [-0.2, -0.15) is 5.10 Å². The summed E-state index contributed by atoms with van der Waals surface area (Å²) in [5, 5.41) is 10.5. The second-order valence-electron chi connectivity index (χ2n) is 6.56. The van der Waals surface area contributed by atoms with Crippen molar-refractivity contribution < 1.29 is 13.2 Å². The van der Waals surface area contributed by atoms with Gasteiger partial charge in [0, 0.05) is 25.0 Å². The molecule has 0 aliphatic carbocycles. The number of carbonyl (C=O) groups excluding carboxylic acids is 1. The number of nitrogens with zero attached hydrogens (tertiary/aromatic N) is 2. The van der Waals surface area contributed by atoms with Crippen LogP contribution in [0.3, 0.4) is 0 Å². The van der Waals surface area contributed by atoms with Crippen molar-refractivity contribution >= 4 is 21.6 Å². The van der Waals surface area contributed by atoms with Crippen molar-refractivity contribution in [2.75, 3.05) is 25.0 Å². The van der Waals surface area contributed by atoms with Gasteiger partial charge in [0.05, 0.1) is 10.9 Å². The van der Waals surface area contributed by atoms with Crippen LogP contribution in [0.1, 0.15) is 42.7 Å². The monoisotopic (exact) mass is 391 g/mol. The van der Waals surface area contributed by atoms with Crippen LogP contribution in [0.5, 0.6) is 0 Å². The number of piperidine rings is 1. The van der Waals surface area contributed by atoms with Crippen molar-refractivity contribution in [1.82, 2.24) is 19.8 Å². The zero-order valence-corrected chi connectivity index (χ0v) is 16.1. The summed E-state index contributed by atoms with van der Waals surface area (Å²) < 4.78 is 28.5. The van der Waals surface area contributed by atoms with Crippen LogP contribution in [-0.2, 0) is 10.0 Å². The number of aromatic nitrogens is 2. The summed E-state index contributed by atoms with van der Waals surface area (Å²) in [6, 6.07) is 8.04. The summed E-state index contributed by atoms with van der Waals surface area (Å²) in [5.74, 6) is -0.322. The van der Waals surface area contributed by atoms with Gasteiger partial charge in [-0.05, 0) is 56.1 Å². The number of amides is 1. The average Bonchev–Trinajstić information content (AvgIpc) is 3.18. The highest BCUT2D eigenvalue weighted by atomic mass is 32.2. The molecule has 9 heteroatoms. The first kappa shape index (κ1) is 19.5. The normalized spacial score (nSPS) is 17.6. The lowest BCUT2D eigenvalue weighted by molar-refractivity contribution is 0.102. The predicted molar refractivity (Wildman–Crippen MR) is 103 cm³/mol. The van der Waals surface area contributed by atoms with E-state index in [0.717, 1.165) is 32.4 Å². The Labute approximate surface area is 159 Å². The first-order chi connectivity index (χ1) is 13.0. The molecule has 1 saturated heterocycles. The number of hydrogen-bond acceptors (Lipinski definition) is 5. The number of carbonyl (C=O) groups is 1. The van der Waals surface area contributed by atoms with Gasteiger partial charge in [0.1, 0.15) is 0 Å². The molecule has 1 atom stereocenters. The first-order valence-corrected chi connectivity index (χ1v) is 10.6. The molecule has 1 aliphatic heterocycles. The Morgan fingerprint density at radius 2 is 2.07 bits per heavy atom. The van der Waals surface area contributed by atoms with Gasteiger partial charge in [-0.15, -0.1) is 0 Å². The fourth-order valence-corrected chi connectivity index (χ4v) is 4.09. The van der Waals surface area contributed by atoms with Crippen molar-refractivity contribution in [2.24, 2.45) is 0 Å². The number of benzene rings is 1. The molecule has 3 rings (SSSR count). The molecule has 1 aliphatic rings. The minimum absolute atomic E-state index is 0.169. The molecule has 0 saturated carbocycles. The topological polar surface area (TPSA) is 105 Å². The summed E-state index contributed by atoms with van der Waals surface area (Å²) in [6.45, 7) is 4.16.